The summed E-state index contributed by atoms with van der Waals surface area (Å²) >= 11 is 0. The fourth-order valence-electron chi connectivity index (χ4n) is 2.42. The highest BCUT2D eigenvalue weighted by atomic mass is 16.5. The van der Waals surface area contributed by atoms with E-state index in [2.05, 4.69) is 5.32 Å². The van der Waals surface area contributed by atoms with E-state index in [-0.39, 0.29) is 6.03 Å². The predicted molar refractivity (Wildman–Crippen MR) is 59.8 cm³/mol. The van der Waals surface area contributed by atoms with Crippen LogP contribution in [0, 0.1) is 0 Å². The molecule has 2 aliphatic rings. The molecule has 0 spiro atoms. The summed E-state index contributed by atoms with van der Waals surface area (Å²) < 4.78 is 5.15. The molecule has 1 heterocycles. The largest absolute Gasteiger partial charge is 0.480 e. The molecule has 1 aliphatic heterocycles. The second kappa shape index (κ2) is 4.91. The number of rotatable bonds is 2. The first-order chi connectivity index (χ1) is 8.14. The van der Waals surface area contributed by atoms with Crippen molar-refractivity contribution in [3.8, 4) is 0 Å². The fraction of sp³-hybridized carbons (Fsp3) is 0.818. The van der Waals surface area contributed by atoms with Gasteiger partial charge in [0.15, 0.2) is 0 Å². The minimum Gasteiger partial charge on any atom is -0.480 e. The molecule has 2 rings (SSSR count). The Bertz CT molecular complexity index is 307. The molecular weight excluding hydrogens is 224 g/mol. The number of carbonyl (C=O) groups is 2. The lowest BCUT2D eigenvalue weighted by Crippen LogP contribution is -2.57. The van der Waals surface area contributed by atoms with Crippen LogP contribution in [0.1, 0.15) is 25.7 Å². The van der Waals surface area contributed by atoms with Crippen molar-refractivity contribution in [2.24, 2.45) is 0 Å². The van der Waals surface area contributed by atoms with Gasteiger partial charge in [0.25, 0.3) is 0 Å². The summed E-state index contributed by atoms with van der Waals surface area (Å²) in [5.74, 6) is -0.920. The summed E-state index contributed by atoms with van der Waals surface area (Å²) in [6.07, 6.45) is 2.77. The van der Waals surface area contributed by atoms with Crippen molar-refractivity contribution in [1.82, 2.24) is 10.2 Å². The zero-order valence-electron chi connectivity index (χ0n) is 9.78. The first-order valence-electron chi connectivity index (χ1n) is 6.02. The van der Waals surface area contributed by atoms with Crippen LogP contribution in [0.4, 0.5) is 4.79 Å². The number of hydrogen-bond donors (Lipinski definition) is 2. The van der Waals surface area contributed by atoms with Gasteiger partial charge in [-0.25, -0.2) is 9.59 Å². The first kappa shape index (κ1) is 12.2. The number of carboxylic acid groups (broad SMARTS) is 1. The molecule has 6 nitrogen and oxygen atoms in total. The highest BCUT2D eigenvalue weighted by Crippen LogP contribution is 2.30. The van der Waals surface area contributed by atoms with Gasteiger partial charge in [-0.3, -0.25) is 0 Å². The van der Waals surface area contributed by atoms with Crippen LogP contribution in [-0.2, 0) is 9.53 Å². The Labute approximate surface area is 99.9 Å². The van der Waals surface area contributed by atoms with Crippen molar-refractivity contribution in [2.75, 3.05) is 26.3 Å². The maximum absolute atomic E-state index is 12.0. The molecule has 0 unspecified atom stereocenters. The maximum atomic E-state index is 12.0. The Morgan fingerprint density at radius 3 is 2.29 bits per heavy atom. The number of nitrogens with zero attached hydrogens (tertiary/aromatic N) is 1. The summed E-state index contributed by atoms with van der Waals surface area (Å²) in [4.78, 5) is 24.9. The molecule has 2 amide bonds. The standard InChI is InChI=1S/C11H18N2O4/c14-9(15)11(3-1-2-4-11)12-10(16)13-5-7-17-8-6-13/h1-8H2,(H,12,16)(H,14,15). The van der Waals surface area contributed by atoms with E-state index in [9.17, 15) is 14.7 Å². The topological polar surface area (TPSA) is 78.9 Å². The van der Waals surface area contributed by atoms with Crippen molar-refractivity contribution in [3.63, 3.8) is 0 Å². The fourth-order valence-corrected chi connectivity index (χ4v) is 2.42. The first-order valence-corrected chi connectivity index (χ1v) is 6.02. The van der Waals surface area contributed by atoms with E-state index >= 15 is 0 Å². The molecule has 0 aromatic rings. The zero-order chi connectivity index (χ0) is 12.3. The van der Waals surface area contributed by atoms with Crippen LogP contribution in [0.25, 0.3) is 0 Å². The summed E-state index contributed by atoms with van der Waals surface area (Å²) in [7, 11) is 0. The Morgan fingerprint density at radius 1 is 1.18 bits per heavy atom. The van der Waals surface area contributed by atoms with Gasteiger partial charge in [-0.15, -0.1) is 0 Å². The normalized spacial score (nSPS) is 23.4. The smallest absolute Gasteiger partial charge is 0.329 e. The molecule has 0 aromatic carbocycles. The summed E-state index contributed by atoms with van der Waals surface area (Å²) in [5.41, 5.74) is -1.05. The lowest BCUT2D eigenvalue weighted by atomic mass is 9.98. The van der Waals surface area contributed by atoms with Crippen LogP contribution >= 0.6 is 0 Å². The van der Waals surface area contributed by atoms with Gasteiger partial charge < -0.3 is 20.1 Å². The Balaban J connectivity index is 1.98. The Morgan fingerprint density at radius 2 is 1.76 bits per heavy atom. The molecule has 2 fully saturated rings. The minimum atomic E-state index is -1.05. The van der Waals surface area contributed by atoms with Gasteiger partial charge >= 0.3 is 12.0 Å². The molecule has 96 valence electrons. The van der Waals surface area contributed by atoms with Crippen LogP contribution in [-0.4, -0.2) is 53.8 Å². The SMILES string of the molecule is O=C(NC1(C(=O)O)CCCC1)N1CCOCC1. The van der Waals surface area contributed by atoms with E-state index in [0.717, 1.165) is 12.8 Å². The highest BCUT2D eigenvalue weighted by molar-refractivity contribution is 5.86. The second-order valence-electron chi connectivity index (χ2n) is 4.62. The van der Waals surface area contributed by atoms with Crippen LogP contribution in [0.3, 0.4) is 0 Å². The van der Waals surface area contributed by atoms with Crippen molar-refractivity contribution in [1.29, 1.82) is 0 Å². The molecule has 0 bridgehead atoms. The van der Waals surface area contributed by atoms with E-state index in [1.165, 1.54) is 0 Å². The second-order valence-corrected chi connectivity index (χ2v) is 4.62. The van der Waals surface area contributed by atoms with Crippen molar-refractivity contribution < 1.29 is 19.4 Å². The number of carbonyl (C=O) groups excluding carboxylic acids is 1. The number of morpholine rings is 1. The molecule has 1 saturated heterocycles. The Kier molecular flexibility index (Phi) is 3.51. The molecule has 0 aromatic heterocycles. The van der Waals surface area contributed by atoms with Crippen LogP contribution in [0.15, 0.2) is 0 Å². The summed E-state index contributed by atoms with van der Waals surface area (Å²) in [6, 6.07) is -0.280. The zero-order valence-corrected chi connectivity index (χ0v) is 9.78. The average Bonchev–Trinajstić information content (AvgIpc) is 2.80. The summed E-state index contributed by atoms with van der Waals surface area (Å²) in [5, 5.41) is 11.9. The van der Waals surface area contributed by atoms with Gasteiger partial charge in [0.1, 0.15) is 5.54 Å². The lowest BCUT2D eigenvalue weighted by molar-refractivity contribution is -0.144. The van der Waals surface area contributed by atoms with Crippen molar-refractivity contribution >= 4 is 12.0 Å². The molecule has 0 radical (unpaired) electrons. The van der Waals surface area contributed by atoms with E-state index < -0.39 is 11.5 Å². The Hall–Kier alpha value is -1.30. The molecule has 17 heavy (non-hydrogen) atoms. The number of aliphatic carboxylic acids is 1. The molecule has 0 atom stereocenters. The third-order valence-corrected chi connectivity index (χ3v) is 3.51. The number of amides is 2. The van der Waals surface area contributed by atoms with Gasteiger partial charge in [0, 0.05) is 13.1 Å². The molecule has 1 saturated carbocycles. The lowest BCUT2D eigenvalue weighted by Gasteiger charge is -2.32. The minimum absolute atomic E-state index is 0.280. The predicted octanol–water partition coefficient (Wildman–Crippen LogP) is 0.426. The van der Waals surface area contributed by atoms with Gasteiger partial charge in [-0.1, -0.05) is 12.8 Å². The number of hydrogen-bond acceptors (Lipinski definition) is 3. The van der Waals surface area contributed by atoms with Crippen LogP contribution < -0.4 is 5.32 Å². The third kappa shape index (κ3) is 2.52. The van der Waals surface area contributed by atoms with Gasteiger partial charge in [-0.05, 0) is 12.8 Å². The van der Waals surface area contributed by atoms with Crippen LogP contribution in [0.2, 0.25) is 0 Å². The highest BCUT2D eigenvalue weighted by Gasteiger charge is 2.43. The molecular formula is C11H18N2O4. The average molecular weight is 242 g/mol. The monoisotopic (exact) mass is 242 g/mol. The number of urea groups is 1. The van der Waals surface area contributed by atoms with Crippen LogP contribution in [0.5, 0.6) is 0 Å². The molecule has 6 heteroatoms. The van der Waals surface area contributed by atoms with E-state index in [1.807, 2.05) is 0 Å². The number of nitrogens with one attached hydrogen (secondary N) is 1. The molecule has 2 N–H and O–H groups in total. The van der Waals surface area contributed by atoms with E-state index in [0.29, 0.717) is 39.1 Å². The van der Waals surface area contributed by atoms with Crippen molar-refractivity contribution in [3.05, 3.63) is 0 Å². The quantitative estimate of drug-likeness (QED) is 0.735. The van der Waals surface area contributed by atoms with E-state index in [4.69, 9.17) is 4.74 Å². The maximum Gasteiger partial charge on any atom is 0.329 e. The van der Waals surface area contributed by atoms with Crippen molar-refractivity contribution in [2.45, 2.75) is 31.2 Å². The third-order valence-electron chi connectivity index (χ3n) is 3.51. The van der Waals surface area contributed by atoms with Gasteiger partial charge in [0.05, 0.1) is 13.2 Å². The van der Waals surface area contributed by atoms with Gasteiger partial charge in [0.2, 0.25) is 0 Å². The molecule has 1 aliphatic carbocycles. The van der Waals surface area contributed by atoms with E-state index in [1.54, 1.807) is 4.90 Å². The van der Waals surface area contributed by atoms with Gasteiger partial charge in [-0.2, -0.15) is 0 Å². The number of carboxylic acids is 1. The number of ether oxygens (including phenoxy) is 1. The summed E-state index contributed by atoms with van der Waals surface area (Å²) in [6.45, 7) is 2.10.